The fourth-order valence-corrected chi connectivity index (χ4v) is 3.48. The third-order valence-corrected chi connectivity index (χ3v) is 4.99. The number of amides is 3. The molecule has 0 unspecified atom stereocenters. The molecule has 1 fully saturated rings. The number of nitrogens with zero attached hydrogens (tertiary/aromatic N) is 1. The van der Waals surface area contributed by atoms with Crippen LogP contribution in [-0.2, 0) is 9.59 Å². The second kappa shape index (κ2) is 8.62. The first-order valence-electron chi connectivity index (χ1n) is 8.65. The van der Waals surface area contributed by atoms with Gasteiger partial charge in [0.05, 0.1) is 4.88 Å². The lowest BCUT2D eigenvalue weighted by atomic mass is 10.2. The quantitative estimate of drug-likeness (QED) is 0.735. The minimum atomic E-state index is -0.111. The summed E-state index contributed by atoms with van der Waals surface area (Å²) in [7, 11) is 0. The van der Waals surface area contributed by atoms with Crippen LogP contribution in [0.5, 0.6) is 0 Å². The molecule has 3 rings (SSSR count). The van der Waals surface area contributed by atoms with Crippen LogP contribution in [0.1, 0.15) is 35.4 Å². The van der Waals surface area contributed by atoms with Crippen molar-refractivity contribution in [2.45, 2.75) is 25.7 Å². The van der Waals surface area contributed by atoms with Crippen molar-refractivity contribution in [2.24, 2.45) is 0 Å². The van der Waals surface area contributed by atoms with Crippen molar-refractivity contribution in [3.8, 4) is 0 Å². The molecule has 2 aromatic rings. The normalized spacial score (nSPS) is 13.7. The molecule has 2 heterocycles. The Labute approximate surface area is 156 Å². The maximum absolute atomic E-state index is 12.1. The molecule has 1 aromatic carbocycles. The van der Waals surface area contributed by atoms with Crippen LogP contribution < -0.4 is 15.5 Å². The largest absolute Gasteiger partial charge is 0.351 e. The Morgan fingerprint density at radius 1 is 1.19 bits per heavy atom. The van der Waals surface area contributed by atoms with Crippen molar-refractivity contribution in [3.63, 3.8) is 0 Å². The van der Waals surface area contributed by atoms with E-state index >= 15 is 0 Å². The number of rotatable bonds is 7. The summed E-state index contributed by atoms with van der Waals surface area (Å²) in [5.74, 6) is -0.0985. The number of carbonyl (C=O) groups excluding carboxylic acids is 3. The van der Waals surface area contributed by atoms with Gasteiger partial charge in [-0.25, -0.2) is 0 Å². The monoisotopic (exact) mass is 371 g/mol. The van der Waals surface area contributed by atoms with E-state index in [-0.39, 0.29) is 17.7 Å². The van der Waals surface area contributed by atoms with Gasteiger partial charge in [-0.15, -0.1) is 11.3 Å². The Bertz CT molecular complexity index is 789. The van der Waals surface area contributed by atoms with Gasteiger partial charge in [0, 0.05) is 37.3 Å². The van der Waals surface area contributed by atoms with E-state index < -0.39 is 0 Å². The van der Waals surface area contributed by atoms with Gasteiger partial charge in [0.25, 0.3) is 5.91 Å². The van der Waals surface area contributed by atoms with Crippen molar-refractivity contribution in [1.29, 1.82) is 0 Å². The van der Waals surface area contributed by atoms with Crippen LogP contribution in [0.25, 0.3) is 0 Å². The van der Waals surface area contributed by atoms with Crippen LogP contribution in [0, 0.1) is 0 Å². The van der Waals surface area contributed by atoms with Crippen molar-refractivity contribution in [2.75, 3.05) is 23.3 Å². The Hall–Kier alpha value is -2.67. The molecule has 3 amide bonds. The van der Waals surface area contributed by atoms with Gasteiger partial charge in [-0.1, -0.05) is 12.1 Å². The average Bonchev–Trinajstić information content (AvgIpc) is 3.30. The van der Waals surface area contributed by atoms with E-state index in [0.29, 0.717) is 36.4 Å². The zero-order chi connectivity index (χ0) is 18.4. The highest BCUT2D eigenvalue weighted by atomic mass is 32.1. The highest BCUT2D eigenvalue weighted by molar-refractivity contribution is 7.12. The summed E-state index contributed by atoms with van der Waals surface area (Å²) >= 11 is 1.39. The summed E-state index contributed by atoms with van der Waals surface area (Å²) in [6.45, 7) is 1.17. The van der Waals surface area contributed by atoms with Crippen LogP contribution >= 0.6 is 11.3 Å². The zero-order valence-electron chi connectivity index (χ0n) is 14.4. The molecular weight excluding hydrogens is 350 g/mol. The van der Waals surface area contributed by atoms with Gasteiger partial charge in [-0.05, 0) is 42.5 Å². The standard InChI is InChI=1S/C19H21N3O3S/c23-17(8-2-10-20-19(25)16-7-4-12-26-16)21-14-5-1-6-15(13-14)22-11-3-9-18(22)24/h1,4-7,12-13H,2-3,8-11H2,(H,20,25)(H,21,23). The molecule has 0 aliphatic carbocycles. The fourth-order valence-electron chi connectivity index (χ4n) is 2.84. The summed E-state index contributed by atoms with van der Waals surface area (Å²) in [6.07, 6.45) is 2.32. The summed E-state index contributed by atoms with van der Waals surface area (Å²) in [6, 6.07) is 10.9. The first kappa shape index (κ1) is 18.1. The molecule has 0 bridgehead atoms. The lowest BCUT2D eigenvalue weighted by molar-refractivity contribution is -0.117. The molecule has 0 radical (unpaired) electrons. The molecule has 2 N–H and O–H groups in total. The van der Waals surface area contributed by atoms with E-state index in [1.54, 1.807) is 17.0 Å². The molecule has 136 valence electrons. The number of hydrogen-bond acceptors (Lipinski definition) is 4. The molecule has 0 atom stereocenters. The maximum Gasteiger partial charge on any atom is 0.261 e. The average molecular weight is 371 g/mol. The molecule has 6 nitrogen and oxygen atoms in total. The Morgan fingerprint density at radius 3 is 2.81 bits per heavy atom. The second-order valence-electron chi connectivity index (χ2n) is 6.08. The van der Waals surface area contributed by atoms with Crippen LogP contribution in [0.3, 0.4) is 0 Å². The summed E-state index contributed by atoms with van der Waals surface area (Å²) in [5.41, 5.74) is 1.49. The van der Waals surface area contributed by atoms with Crippen molar-refractivity contribution in [3.05, 3.63) is 46.7 Å². The molecule has 0 saturated carbocycles. The molecule has 1 aliphatic heterocycles. The predicted octanol–water partition coefficient (Wildman–Crippen LogP) is 3.02. The van der Waals surface area contributed by atoms with E-state index in [0.717, 1.165) is 18.7 Å². The van der Waals surface area contributed by atoms with Gasteiger partial charge in [-0.2, -0.15) is 0 Å². The zero-order valence-corrected chi connectivity index (χ0v) is 15.2. The van der Waals surface area contributed by atoms with Gasteiger partial charge in [0.15, 0.2) is 0 Å². The number of anilines is 2. The molecular formula is C19H21N3O3S. The lowest BCUT2D eigenvalue weighted by Crippen LogP contribution is -2.25. The SMILES string of the molecule is O=C(CCCNC(=O)c1cccs1)Nc1cccc(N2CCCC2=O)c1. The van der Waals surface area contributed by atoms with Crippen molar-refractivity contribution in [1.82, 2.24) is 5.32 Å². The van der Waals surface area contributed by atoms with E-state index in [4.69, 9.17) is 0 Å². The van der Waals surface area contributed by atoms with Gasteiger partial charge < -0.3 is 15.5 Å². The summed E-state index contributed by atoms with van der Waals surface area (Å²) in [5, 5.41) is 7.50. The van der Waals surface area contributed by atoms with E-state index in [9.17, 15) is 14.4 Å². The van der Waals surface area contributed by atoms with Crippen molar-refractivity contribution >= 4 is 40.4 Å². The summed E-state index contributed by atoms with van der Waals surface area (Å²) in [4.78, 5) is 38.1. The van der Waals surface area contributed by atoms with Crippen molar-refractivity contribution < 1.29 is 14.4 Å². The predicted molar refractivity (Wildman–Crippen MR) is 103 cm³/mol. The number of nitrogens with one attached hydrogen (secondary N) is 2. The summed E-state index contributed by atoms with van der Waals surface area (Å²) < 4.78 is 0. The smallest absolute Gasteiger partial charge is 0.261 e. The van der Waals surface area contributed by atoms with E-state index in [1.165, 1.54) is 11.3 Å². The first-order valence-corrected chi connectivity index (χ1v) is 9.53. The number of benzene rings is 1. The molecule has 1 saturated heterocycles. The van der Waals surface area contributed by atoms with Gasteiger partial charge in [0.1, 0.15) is 0 Å². The van der Waals surface area contributed by atoms with Crippen LogP contribution in [-0.4, -0.2) is 30.8 Å². The number of hydrogen-bond donors (Lipinski definition) is 2. The van der Waals surface area contributed by atoms with Gasteiger partial charge in [0.2, 0.25) is 11.8 Å². The topological polar surface area (TPSA) is 78.5 Å². The van der Waals surface area contributed by atoms with Gasteiger partial charge >= 0.3 is 0 Å². The second-order valence-corrected chi connectivity index (χ2v) is 7.03. The van der Waals surface area contributed by atoms with Crippen LogP contribution in [0.15, 0.2) is 41.8 Å². The molecule has 1 aromatic heterocycles. The Morgan fingerprint density at radius 2 is 2.08 bits per heavy atom. The van der Waals surface area contributed by atoms with Crippen LogP contribution in [0.4, 0.5) is 11.4 Å². The Balaban J connectivity index is 1.43. The number of carbonyl (C=O) groups is 3. The third kappa shape index (κ3) is 4.70. The molecule has 0 spiro atoms. The number of thiophene rings is 1. The van der Waals surface area contributed by atoms with E-state index in [1.807, 2.05) is 29.6 Å². The third-order valence-electron chi connectivity index (χ3n) is 4.13. The molecule has 1 aliphatic rings. The molecule has 7 heteroatoms. The van der Waals surface area contributed by atoms with Gasteiger partial charge in [-0.3, -0.25) is 14.4 Å². The first-order chi connectivity index (χ1) is 12.6. The minimum absolute atomic E-state index is 0.108. The lowest BCUT2D eigenvalue weighted by Gasteiger charge is -2.16. The maximum atomic E-state index is 12.1. The van der Waals surface area contributed by atoms with Crippen LogP contribution in [0.2, 0.25) is 0 Å². The highest BCUT2D eigenvalue weighted by Crippen LogP contribution is 2.24. The fraction of sp³-hybridized carbons (Fsp3) is 0.316. The minimum Gasteiger partial charge on any atom is -0.351 e. The molecule has 26 heavy (non-hydrogen) atoms. The Kier molecular flexibility index (Phi) is 6.01. The highest BCUT2D eigenvalue weighted by Gasteiger charge is 2.21. The van der Waals surface area contributed by atoms with E-state index in [2.05, 4.69) is 10.6 Å².